The molecule has 0 amide bonds. The molecule has 1 unspecified atom stereocenters. The van der Waals surface area contributed by atoms with Gasteiger partial charge in [-0.25, -0.2) is 0 Å². The molecule has 0 bridgehead atoms. The molecule has 1 aliphatic heterocycles. The third-order valence-electron chi connectivity index (χ3n) is 9.58. The molecule has 0 fully saturated rings. The lowest BCUT2D eigenvalue weighted by molar-refractivity contribution is -0.648. The number of methoxy groups -OCH3 is 2. The van der Waals surface area contributed by atoms with Crippen LogP contribution in [0.25, 0.3) is 21.3 Å². The van der Waals surface area contributed by atoms with E-state index in [1.54, 1.807) is 26.0 Å². The first-order valence-corrected chi connectivity index (χ1v) is 19.9. The van der Waals surface area contributed by atoms with Gasteiger partial charge < -0.3 is 23.8 Å². The normalized spacial score (nSPS) is 13.7. The molecule has 0 N–H and O–H groups in total. The molecule has 0 saturated heterocycles. The molecule has 7 nitrogen and oxygen atoms in total. The van der Waals surface area contributed by atoms with Crippen LogP contribution in [-0.4, -0.2) is 33.4 Å². The fraction of sp³-hybridized carbons (Fsp3) is 0.244. The fourth-order valence-corrected chi connectivity index (χ4v) is 9.22. The predicted molar refractivity (Wildman–Crippen MR) is 219 cm³/mol. The van der Waals surface area contributed by atoms with Gasteiger partial charge in [0, 0.05) is 35.5 Å². The Morgan fingerprint density at radius 2 is 1.61 bits per heavy atom. The van der Waals surface area contributed by atoms with Gasteiger partial charge in [0.2, 0.25) is 10.5 Å². The minimum Gasteiger partial charge on any atom is -0.496 e. The van der Waals surface area contributed by atoms with Crippen LogP contribution >= 0.6 is 23.1 Å². The van der Waals surface area contributed by atoms with Crippen molar-refractivity contribution in [3.63, 3.8) is 0 Å². The third-order valence-corrected chi connectivity index (χ3v) is 11.9. The van der Waals surface area contributed by atoms with Crippen LogP contribution in [0.1, 0.15) is 41.8 Å². The zero-order valence-corrected chi connectivity index (χ0v) is 32.8. The number of thiazole rings is 1. The number of carbonyl (C=O) groups is 1. The molecule has 6 aromatic rings. The molecule has 0 saturated carbocycles. The lowest BCUT2D eigenvalue weighted by Gasteiger charge is -2.35. The van der Waals surface area contributed by atoms with E-state index in [1.165, 1.54) is 36.3 Å². The Labute approximate surface area is 325 Å². The number of allylic oxidation sites excluding steroid dienone is 1. The second-order valence-electron chi connectivity index (χ2n) is 13.1. The van der Waals surface area contributed by atoms with Crippen molar-refractivity contribution in [1.29, 1.82) is 0 Å². The molecule has 0 aliphatic carbocycles. The standard InChI is InChI=1S/C45H45N2O5S2/c1-5-51-44(48)20-13-25-52-34-22-24-37-36(29-34)33(28-43(53-35-16-10-7-11-17-35)47(37)30-31-14-8-6-9-15-31)27-42-46(2)38-23-21-32(26-41(38)54-42)45-39(49-3)18-12-19-40(45)50-4/h6-12,14-19,21-24,26,28-29,33H,5,13,20,25,27,30H2,1-4H3/q+1. The van der Waals surface area contributed by atoms with Gasteiger partial charge in [-0.2, -0.15) is 4.57 Å². The minimum atomic E-state index is -0.192. The van der Waals surface area contributed by atoms with E-state index in [2.05, 4.69) is 120 Å². The van der Waals surface area contributed by atoms with Crippen LogP contribution in [-0.2, 0) is 29.5 Å². The molecule has 5 aromatic carbocycles. The van der Waals surface area contributed by atoms with Crippen molar-refractivity contribution in [1.82, 2.24) is 0 Å². The number of aryl methyl sites for hydroxylation is 1. The van der Waals surface area contributed by atoms with Crippen LogP contribution in [0.5, 0.6) is 17.2 Å². The molecule has 0 spiro atoms. The Bertz CT molecular complexity index is 2230. The molecule has 9 heteroatoms. The zero-order chi connectivity index (χ0) is 37.4. The molecular formula is C45H45N2O5S2+. The number of aromatic nitrogens is 1. The highest BCUT2D eigenvalue weighted by Crippen LogP contribution is 2.46. The summed E-state index contributed by atoms with van der Waals surface area (Å²) in [4.78, 5) is 15.6. The molecular weight excluding hydrogens is 713 g/mol. The smallest absolute Gasteiger partial charge is 0.305 e. The van der Waals surface area contributed by atoms with Gasteiger partial charge in [0.1, 0.15) is 29.0 Å². The van der Waals surface area contributed by atoms with Crippen molar-refractivity contribution in [3.05, 3.63) is 143 Å². The van der Waals surface area contributed by atoms with Crippen molar-refractivity contribution >= 4 is 45.0 Å². The van der Waals surface area contributed by atoms with Gasteiger partial charge in [0.15, 0.2) is 0 Å². The molecule has 276 valence electrons. The minimum absolute atomic E-state index is 0.0781. The van der Waals surface area contributed by atoms with Crippen LogP contribution < -0.4 is 23.7 Å². The number of nitrogens with zero attached hydrogens (tertiary/aromatic N) is 2. The lowest BCUT2D eigenvalue weighted by Crippen LogP contribution is -2.32. The summed E-state index contributed by atoms with van der Waals surface area (Å²) in [6.45, 7) is 3.38. The summed E-state index contributed by atoms with van der Waals surface area (Å²) in [6, 6.07) is 40.1. The van der Waals surface area contributed by atoms with Gasteiger partial charge >= 0.3 is 5.97 Å². The average Bonchev–Trinajstić information content (AvgIpc) is 3.51. The van der Waals surface area contributed by atoms with Crippen molar-refractivity contribution in [2.75, 3.05) is 32.3 Å². The van der Waals surface area contributed by atoms with Crippen LogP contribution in [0, 0.1) is 0 Å². The zero-order valence-electron chi connectivity index (χ0n) is 31.1. The van der Waals surface area contributed by atoms with Crippen LogP contribution in [0.2, 0.25) is 0 Å². The summed E-state index contributed by atoms with van der Waals surface area (Å²) < 4.78 is 26.4. The molecule has 1 aromatic heterocycles. The number of fused-ring (bicyclic) bond motifs is 2. The number of rotatable bonds is 15. The molecule has 2 heterocycles. The Balaban J connectivity index is 1.27. The maximum atomic E-state index is 11.9. The lowest BCUT2D eigenvalue weighted by atomic mass is 9.90. The second-order valence-corrected chi connectivity index (χ2v) is 15.3. The number of ether oxygens (including phenoxy) is 4. The van der Waals surface area contributed by atoms with E-state index in [0.717, 1.165) is 47.0 Å². The fourth-order valence-electron chi connectivity index (χ4n) is 6.93. The third kappa shape index (κ3) is 8.27. The number of hydrogen-bond donors (Lipinski definition) is 0. The van der Waals surface area contributed by atoms with E-state index in [-0.39, 0.29) is 11.9 Å². The van der Waals surface area contributed by atoms with E-state index in [4.69, 9.17) is 18.9 Å². The van der Waals surface area contributed by atoms with Crippen molar-refractivity contribution in [3.8, 4) is 28.4 Å². The van der Waals surface area contributed by atoms with Gasteiger partial charge in [0.05, 0.1) is 44.4 Å². The first kappa shape index (κ1) is 37.1. The van der Waals surface area contributed by atoms with Gasteiger partial charge in [-0.15, -0.1) is 0 Å². The number of thioether (sulfide) groups is 1. The van der Waals surface area contributed by atoms with Crippen molar-refractivity contribution in [2.24, 2.45) is 7.05 Å². The number of carbonyl (C=O) groups excluding carboxylic acids is 1. The van der Waals surface area contributed by atoms with Gasteiger partial charge in [-0.05, 0) is 90.7 Å². The quantitative estimate of drug-likeness (QED) is 0.0587. The average molecular weight is 758 g/mol. The summed E-state index contributed by atoms with van der Waals surface area (Å²) in [5.41, 5.74) is 6.79. The topological polar surface area (TPSA) is 61.1 Å². The molecule has 1 aliphatic rings. The van der Waals surface area contributed by atoms with Crippen LogP contribution in [0.15, 0.2) is 131 Å². The Morgan fingerprint density at radius 1 is 0.870 bits per heavy atom. The summed E-state index contributed by atoms with van der Waals surface area (Å²) >= 11 is 3.62. The molecule has 1 atom stereocenters. The molecule has 0 radical (unpaired) electrons. The van der Waals surface area contributed by atoms with E-state index in [0.29, 0.717) is 26.1 Å². The van der Waals surface area contributed by atoms with Crippen molar-refractivity contribution in [2.45, 2.75) is 43.5 Å². The second kappa shape index (κ2) is 17.3. The monoisotopic (exact) mass is 757 g/mol. The Morgan fingerprint density at radius 3 is 2.33 bits per heavy atom. The highest BCUT2D eigenvalue weighted by molar-refractivity contribution is 8.03. The summed E-state index contributed by atoms with van der Waals surface area (Å²) in [7, 11) is 5.55. The summed E-state index contributed by atoms with van der Waals surface area (Å²) in [5.74, 6) is 2.24. The molecule has 54 heavy (non-hydrogen) atoms. The van der Waals surface area contributed by atoms with Gasteiger partial charge in [0.25, 0.3) is 0 Å². The van der Waals surface area contributed by atoms with E-state index < -0.39 is 0 Å². The summed E-state index contributed by atoms with van der Waals surface area (Å²) in [6.07, 6.45) is 4.17. The number of anilines is 1. The first-order chi connectivity index (χ1) is 26.4. The Kier molecular flexibility index (Phi) is 11.9. The number of hydrogen-bond acceptors (Lipinski definition) is 8. The van der Waals surface area contributed by atoms with Crippen LogP contribution in [0.3, 0.4) is 0 Å². The van der Waals surface area contributed by atoms with E-state index >= 15 is 0 Å². The highest BCUT2D eigenvalue weighted by Gasteiger charge is 2.31. The van der Waals surface area contributed by atoms with Gasteiger partial charge in [-0.1, -0.05) is 77.7 Å². The largest absolute Gasteiger partial charge is 0.496 e. The molecule has 7 rings (SSSR count). The summed E-state index contributed by atoms with van der Waals surface area (Å²) in [5, 5.41) is 2.46. The SMILES string of the molecule is CCOC(=O)CCCOc1ccc2c(c1)C(Cc1sc3cc(-c4c(OC)cccc4OC)ccc3[n+]1C)C=C(Sc1ccccc1)N2Cc1ccccc1. The van der Waals surface area contributed by atoms with Crippen LogP contribution in [0.4, 0.5) is 5.69 Å². The van der Waals surface area contributed by atoms with Crippen molar-refractivity contribution < 1.29 is 28.3 Å². The Hall–Kier alpha value is -5.25. The number of esters is 1. The van der Waals surface area contributed by atoms with E-state index in [9.17, 15) is 4.79 Å². The first-order valence-electron chi connectivity index (χ1n) is 18.3. The van der Waals surface area contributed by atoms with Gasteiger partial charge in [-0.3, -0.25) is 4.79 Å². The van der Waals surface area contributed by atoms with E-state index in [1.807, 2.05) is 36.5 Å². The maximum Gasteiger partial charge on any atom is 0.305 e. The highest BCUT2D eigenvalue weighted by atomic mass is 32.2. The maximum absolute atomic E-state index is 11.9. The number of benzene rings is 5. The predicted octanol–water partition coefficient (Wildman–Crippen LogP) is 10.1.